The van der Waals surface area contributed by atoms with E-state index < -0.39 is 0 Å². The molecule has 18 heavy (non-hydrogen) atoms. The quantitative estimate of drug-likeness (QED) is 0.767. The van der Waals surface area contributed by atoms with Crippen molar-refractivity contribution in [2.24, 2.45) is 0 Å². The lowest BCUT2D eigenvalue weighted by molar-refractivity contribution is 0.618. The molecule has 90 valence electrons. The van der Waals surface area contributed by atoms with Crippen LogP contribution in [0.3, 0.4) is 0 Å². The Bertz CT molecular complexity index is 689. The molecular formula is C14H11BrN2O. The van der Waals surface area contributed by atoms with Crippen LogP contribution in [-0.2, 0) is 0 Å². The summed E-state index contributed by atoms with van der Waals surface area (Å²) in [4.78, 5) is 4.48. The largest absolute Gasteiger partial charge is 0.435 e. The third-order valence-corrected chi connectivity index (χ3v) is 3.41. The molecule has 0 aliphatic carbocycles. The van der Waals surface area contributed by atoms with Crippen LogP contribution in [0.2, 0.25) is 0 Å². The number of nitrogens with one attached hydrogen (secondary N) is 1. The predicted molar refractivity (Wildman–Crippen MR) is 76.7 cm³/mol. The molecule has 4 heteroatoms. The van der Waals surface area contributed by atoms with Crippen LogP contribution in [-0.4, -0.2) is 12.0 Å². The summed E-state index contributed by atoms with van der Waals surface area (Å²) < 4.78 is 6.70. The summed E-state index contributed by atoms with van der Waals surface area (Å²) in [7, 11) is 1.89. The summed E-state index contributed by atoms with van der Waals surface area (Å²) >= 11 is 3.46. The second kappa shape index (κ2) is 4.46. The van der Waals surface area contributed by atoms with Crippen LogP contribution in [0.15, 0.2) is 51.4 Å². The summed E-state index contributed by atoms with van der Waals surface area (Å²) in [5.41, 5.74) is 3.68. The van der Waals surface area contributed by atoms with Gasteiger partial charge in [0.05, 0.1) is 4.47 Å². The van der Waals surface area contributed by atoms with Gasteiger partial charge in [0.1, 0.15) is 5.52 Å². The van der Waals surface area contributed by atoms with Crippen LogP contribution >= 0.6 is 15.9 Å². The predicted octanol–water partition coefficient (Wildman–Crippen LogP) is 4.30. The minimum Gasteiger partial charge on any atom is -0.435 e. The highest BCUT2D eigenvalue weighted by Gasteiger charge is 2.09. The van der Waals surface area contributed by atoms with Gasteiger partial charge in [-0.2, -0.15) is 0 Å². The zero-order valence-corrected chi connectivity index (χ0v) is 11.4. The summed E-state index contributed by atoms with van der Waals surface area (Å²) in [6.45, 7) is 0. The topological polar surface area (TPSA) is 38.1 Å². The Morgan fingerprint density at radius 1 is 1.11 bits per heavy atom. The molecule has 0 aliphatic rings. The average molecular weight is 303 g/mol. The highest BCUT2D eigenvalue weighted by Crippen LogP contribution is 2.29. The highest BCUT2D eigenvalue weighted by molar-refractivity contribution is 9.10. The molecule has 2 aromatic carbocycles. The normalized spacial score (nSPS) is 10.8. The number of benzene rings is 2. The molecule has 0 spiro atoms. The van der Waals surface area contributed by atoms with E-state index in [1.165, 1.54) is 0 Å². The molecule has 3 nitrogen and oxygen atoms in total. The number of fused-ring (bicyclic) bond motifs is 1. The van der Waals surface area contributed by atoms with E-state index in [-0.39, 0.29) is 0 Å². The van der Waals surface area contributed by atoms with Crippen molar-refractivity contribution in [2.75, 3.05) is 12.4 Å². The van der Waals surface area contributed by atoms with E-state index in [2.05, 4.69) is 26.2 Å². The fourth-order valence-electron chi connectivity index (χ4n) is 1.82. The maximum absolute atomic E-state index is 5.78. The van der Waals surface area contributed by atoms with Crippen molar-refractivity contribution < 1.29 is 4.42 Å². The summed E-state index contributed by atoms with van der Waals surface area (Å²) in [6.07, 6.45) is 0. The van der Waals surface area contributed by atoms with Crippen molar-refractivity contribution in [3.05, 3.63) is 46.9 Å². The first-order valence-corrected chi connectivity index (χ1v) is 6.40. The minimum atomic E-state index is 0.638. The molecule has 0 unspecified atom stereocenters. The van der Waals surface area contributed by atoms with Crippen LogP contribution in [0.5, 0.6) is 0 Å². The van der Waals surface area contributed by atoms with Crippen molar-refractivity contribution >= 4 is 32.7 Å². The van der Waals surface area contributed by atoms with E-state index in [1.807, 2.05) is 49.5 Å². The van der Waals surface area contributed by atoms with Gasteiger partial charge in [0.15, 0.2) is 5.58 Å². The number of hydrogen-bond donors (Lipinski definition) is 1. The molecule has 1 aromatic heterocycles. The molecule has 0 radical (unpaired) electrons. The maximum Gasteiger partial charge on any atom is 0.227 e. The lowest BCUT2D eigenvalue weighted by Crippen LogP contribution is -1.86. The Morgan fingerprint density at radius 2 is 1.89 bits per heavy atom. The molecule has 3 aromatic rings. The van der Waals surface area contributed by atoms with E-state index in [9.17, 15) is 0 Å². The van der Waals surface area contributed by atoms with Crippen LogP contribution in [0, 0.1) is 0 Å². The number of halogens is 1. The van der Waals surface area contributed by atoms with Crippen molar-refractivity contribution in [3.8, 4) is 11.5 Å². The molecule has 0 saturated heterocycles. The first kappa shape index (κ1) is 11.3. The maximum atomic E-state index is 5.78. The van der Waals surface area contributed by atoms with Crippen molar-refractivity contribution in [2.45, 2.75) is 0 Å². The Balaban J connectivity index is 2.10. The Morgan fingerprint density at radius 3 is 2.56 bits per heavy atom. The van der Waals surface area contributed by atoms with E-state index >= 15 is 0 Å². The molecule has 1 heterocycles. The second-order valence-electron chi connectivity index (χ2n) is 3.93. The van der Waals surface area contributed by atoms with Crippen LogP contribution in [0.1, 0.15) is 0 Å². The SMILES string of the molecule is CNc1ccc(-c2nc3cccc(Br)c3o2)cc1. The number of nitrogens with zero attached hydrogens (tertiary/aromatic N) is 1. The summed E-state index contributed by atoms with van der Waals surface area (Å²) in [5, 5.41) is 3.08. The molecule has 1 N–H and O–H groups in total. The Hall–Kier alpha value is -1.81. The van der Waals surface area contributed by atoms with E-state index in [0.29, 0.717) is 5.89 Å². The van der Waals surface area contributed by atoms with Gasteiger partial charge in [-0.15, -0.1) is 0 Å². The molecule has 0 atom stereocenters. The first-order chi connectivity index (χ1) is 8.78. The van der Waals surface area contributed by atoms with Gasteiger partial charge in [0, 0.05) is 18.3 Å². The van der Waals surface area contributed by atoms with E-state index in [0.717, 1.165) is 26.8 Å². The second-order valence-corrected chi connectivity index (χ2v) is 4.79. The van der Waals surface area contributed by atoms with Crippen molar-refractivity contribution in [3.63, 3.8) is 0 Å². The minimum absolute atomic E-state index is 0.638. The average Bonchev–Trinajstić information content (AvgIpc) is 2.84. The molecule has 3 rings (SSSR count). The fraction of sp³-hybridized carbons (Fsp3) is 0.0714. The zero-order chi connectivity index (χ0) is 12.5. The standard InChI is InChI=1S/C14H11BrN2O/c1-16-10-7-5-9(6-8-10)14-17-12-4-2-3-11(15)13(12)18-14/h2-8,16H,1H3. The van der Waals surface area contributed by atoms with Crippen LogP contribution in [0.4, 0.5) is 5.69 Å². The van der Waals surface area contributed by atoms with Crippen LogP contribution < -0.4 is 5.32 Å². The summed E-state index contributed by atoms with van der Waals surface area (Å²) in [5.74, 6) is 0.638. The zero-order valence-electron chi connectivity index (χ0n) is 9.77. The van der Waals surface area contributed by atoms with Gasteiger partial charge in [-0.1, -0.05) is 6.07 Å². The fourth-order valence-corrected chi connectivity index (χ4v) is 2.26. The van der Waals surface area contributed by atoms with Gasteiger partial charge in [0.2, 0.25) is 5.89 Å². The van der Waals surface area contributed by atoms with Gasteiger partial charge < -0.3 is 9.73 Å². The Labute approximate surface area is 113 Å². The summed E-state index contributed by atoms with van der Waals surface area (Å²) in [6, 6.07) is 13.8. The lowest BCUT2D eigenvalue weighted by atomic mass is 10.2. The molecule has 0 fully saturated rings. The number of para-hydroxylation sites is 1. The number of anilines is 1. The van der Waals surface area contributed by atoms with E-state index in [4.69, 9.17) is 4.42 Å². The van der Waals surface area contributed by atoms with Gasteiger partial charge in [0.25, 0.3) is 0 Å². The third kappa shape index (κ3) is 1.88. The highest BCUT2D eigenvalue weighted by atomic mass is 79.9. The number of hydrogen-bond acceptors (Lipinski definition) is 3. The smallest absolute Gasteiger partial charge is 0.227 e. The van der Waals surface area contributed by atoms with Gasteiger partial charge in [-0.3, -0.25) is 0 Å². The molecule has 0 amide bonds. The molecule has 0 bridgehead atoms. The van der Waals surface area contributed by atoms with Crippen molar-refractivity contribution in [1.82, 2.24) is 4.98 Å². The molecular weight excluding hydrogens is 292 g/mol. The van der Waals surface area contributed by atoms with E-state index in [1.54, 1.807) is 0 Å². The van der Waals surface area contributed by atoms with Crippen molar-refractivity contribution in [1.29, 1.82) is 0 Å². The van der Waals surface area contributed by atoms with Gasteiger partial charge >= 0.3 is 0 Å². The Kier molecular flexibility index (Phi) is 2.80. The van der Waals surface area contributed by atoms with Crippen LogP contribution in [0.25, 0.3) is 22.6 Å². The number of oxazole rings is 1. The lowest BCUT2D eigenvalue weighted by Gasteiger charge is -1.99. The number of aromatic nitrogens is 1. The number of rotatable bonds is 2. The molecule has 0 saturated carbocycles. The van der Waals surface area contributed by atoms with Gasteiger partial charge in [-0.25, -0.2) is 4.98 Å². The first-order valence-electron chi connectivity index (χ1n) is 5.61. The van der Waals surface area contributed by atoms with Gasteiger partial charge in [-0.05, 0) is 52.3 Å². The molecule has 0 aliphatic heterocycles. The monoisotopic (exact) mass is 302 g/mol. The third-order valence-electron chi connectivity index (χ3n) is 2.79.